The van der Waals surface area contributed by atoms with Gasteiger partial charge in [-0.1, -0.05) is 12.1 Å². The Labute approximate surface area is 200 Å². The van der Waals surface area contributed by atoms with Gasteiger partial charge in [0.2, 0.25) is 5.88 Å². The normalized spacial score (nSPS) is 12.2. The van der Waals surface area contributed by atoms with Crippen molar-refractivity contribution < 1.29 is 27.5 Å². The molecule has 1 atom stereocenters. The number of fused-ring (bicyclic) bond motifs is 1. The van der Waals surface area contributed by atoms with Crippen molar-refractivity contribution >= 4 is 16.9 Å². The smallest absolute Gasteiger partial charge is 0.264 e. The Morgan fingerprint density at radius 2 is 1.91 bits per heavy atom. The zero-order chi connectivity index (χ0) is 25.3. The molecule has 184 valence electrons. The average molecular weight is 485 g/mol. The van der Waals surface area contributed by atoms with Crippen molar-refractivity contribution in [2.24, 2.45) is 7.05 Å². The van der Waals surface area contributed by atoms with Crippen LogP contribution in [0.5, 0.6) is 11.6 Å². The maximum atomic E-state index is 14.1. The van der Waals surface area contributed by atoms with Gasteiger partial charge in [-0.2, -0.15) is 10.1 Å². The number of hydrogen-bond donors (Lipinski definition) is 1. The molecule has 0 aliphatic heterocycles. The second-order valence-corrected chi connectivity index (χ2v) is 8.20. The Morgan fingerprint density at radius 1 is 1.20 bits per heavy atom. The number of carbonyl (C=O) groups is 1. The highest BCUT2D eigenvalue weighted by Crippen LogP contribution is 2.38. The van der Waals surface area contributed by atoms with Crippen LogP contribution < -0.4 is 14.8 Å². The summed E-state index contributed by atoms with van der Waals surface area (Å²) in [5.41, 5.74) is 1.80. The number of benzene rings is 1. The van der Waals surface area contributed by atoms with Crippen molar-refractivity contribution in [2.75, 3.05) is 13.7 Å². The fourth-order valence-electron chi connectivity index (χ4n) is 3.95. The molecular weight excluding hydrogens is 458 g/mol. The SMILES string of the molecule is COc1ccc([C@H](C)NC(=O)COc2cc(C(F)F)c3c(-c4cc(C)oc4C)nn(C)c3n2)cc1. The van der Waals surface area contributed by atoms with Crippen LogP contribution >= 0.6 is 0 Å². The number of nitrogens with one attached hydrogen (secondary N) is 1. The molecule has 10 heteroatoms. The van der Waals surface area contributed by atoms with E-state index >= 15 is 0 Å². The van der Waals surface area contributed by atoms with Gasteiger partial charge in [0.1, 0.15) is 23.0 Å². The zero-order valence-corrected chi connectivity index (χ0v) is 20.1. The third kappa shape index (κ3) is 4.96. The van der Waals surface area contributed by atoms with Crippen LogP contribution in [0.25, 0.3) is 22.3 Å². The lowest BCUT2D eigenvalue weighted by Crippen LogP contribution is -2.31. The van der Waals surface area contributed by atoms with Crippen LogP contribution in [-0.4, -0.2) is 34.4 Å². The first kappa shape index (κ1) is 24.2. The summed E-state index contributed by atoms with van der Waals surface area (Å²) in [6.45, 7) is 4.98. The predicted molar refractivity (Wildman–Crippen MR) is 126 cm³/mol. The second kappa shape index (κ2) is 9.73. The lowest BCUT2D eigenvalue weighted by Gasteiger charge is -2.15. The number of ether oxygens (including phenoxy) is 2. The quantitative estimate of drug-likeness (QED) is 0.376. The summed E-state index contributed by atoms with van der Waals surface area (Å²) in [5.74, 6) is 1.44. The molecule has 0 fully saturated rings. The van der Waals surface area contributed by atoms with Crippen LogP contribution in [0, 0.1) is 13.8 Å². The highest BCUT2D eigenvalue weighted by atomic mass is 19.3. The van der Waals surface area contributed by atoms with Crippen LogP contribution in [0.3, 0.4) is 0 Å². The third-order valence-corrected chi connectivity index (χ3v) is 5.68. The number of aryl methyl sites for hydroxylation is 3. The molecule has 1 amide bonds. The van der Waals surface area contributed by atoms with Gasteiger partial charge in [0.15, 0.2) is 12.3 Å². The summed E-state index contributed by atoms with van der Waals surface area (Å²) in [4.78, 5) is 16.8. The topological polar surface area (TPSA) is 91.4 Å². The number of nitrogens with zero attached hydrogens (tertiary/aromatic N) is 3. The van der Waals surface area contributed by atoms with Gasteiger partial charge in [0.05, 0.1) is 18.5 Å². The van der Waals surface area contributed by atoms with E-state index < -0.39 is 12.3 Å². The van der Waals surface area contributed by atoms with E-state index in [0.29, 0.717) is 28.5 Å². The minimum Gasteiger partial charge on any atom is -0.497 e. The van der Waals surface area contributed by atoms with Gasteiger partial charge < -0.3 is 19.2 Å². The lowest BCUT2D eigenvalue weighted by molar-refractivity contribution is -0.123. The molecular formula is C25H26F2N4O4. The summed E-state index contributed by atoms with van der Waals surface area (Å²) in [7, 11) is 3.19. The number of pyridine rings is 1. The largest absolute Gasteiger partial charge is 0.497 e. The van der Waals surface area contributed by atoms with Crippen LogP contribution in [0.2, 0.25) is 0 Å². The molecule has 0 spiro atoms. The minimum absolute atomic E-state index is 0.0882. The lowest BCUT2D eigenvalue weighted by atomic mass is 10.1. The fourth-order valence-corrected chi connectivity index (χ4v) is 3.95. The van der Waals surface area contributed by atoms with Gasteiger partial charge >= 0.3 is 0 Å². The molecule has 1 aromatic carbocycles. The average Bonchev–Trinajstić information content (AvgIpc) is 3.34. The first-order chi connectivity index (χ1) is 16.7. The molecule has 4 rings (SSSR count). The van der Waals surface area contributed by atoms with Gasteiger partial charge in [-0.15, -0.1) is 0 Å². The number of rotatable bonds is 8. The van der Waals surface area contributed by atoms with E-state index in [0.717, 1.165) is 11.6 Å². The number of carbonyl (C=O) groups excluding carboxylic acids is 1. The van der Waals surface area contributed by atoms with Crippen LogP contribution in [0.1, 0.15) is 42.0 Å². The standard InChI is InChI=1S/C25H26F2N4O4/c1-13-10-18(15(3)35-13)23-22-19(24(26)27)11-21(29-25(22)31(4)30-23)34-12-20(32)28-14(2)16-6-8-17(33-5)9-7-16/h6-11,14,24H,12H2,1-5H3,(H,28,32)/t14-/m0/s1. The molecule has 0 saturated carbocycles. The van der Waals surface area contributed by atoms with E-state index in [1.54, 1.807) is 46.2 Å². The van der Waals surface area contributed by atoms with E-state index in [-0.39, 0.29) is 35.1 Å². The van der Waals surface area contributed by atoms with Gasteiger partial charge in [0.25, 0.3) is 12.3 Å². The summed E-state index contributed by atoms with van der Waals surface area (Å²) in [6.07, 6.45) is -2.80. The summed E-state index contributed by atoms with van der Waals surface area (Å²) >= 11 is 0. The van der Waals surface area contributed by atoms with Crippen molar-refractivity contribution in [2.45, 2.75) is 33.2 Å². The van der Waals surface area contributed by atoms with E-state index in [1.165, 1.54) is 4.68 Å². The molecule has 35 heavy (non-hydrogen) atoms. The molecule has 0 saturated heterocycles. The Morgan fingerprint density at radius 3 is 2.51 bits per heavy atom. The van der Waals surface area contributed by atoms with Crippen LogP contribution in [0.4, 0.5) is 8.78 Å². The Hall–Kier alpha value is -3.95. The molecule has 0 bridgehead atoms. The number of halogens is 2. The van der Waals surface area contributed by atoms with Crippen molar-refractivity contribution in [3.63, 3.8) is 0 Å². The Kier molecular flexibility index (Phi) is 6.72. The molecule has 0 radical (unpaired) electrons. The molecule has 3 heterocycles. The van der Waals surface area contributed by atoms with Gasteiger partial charge in [-0.25, -0.2) is 13.5 Å². The fraction of sp³-hybridized carbons (Fsp3) is 0.320. The van der Waals surface area contributed by atoms with E-state index in [1.807, 2.05) is 19.1 Å². The zero-order valence-electron chi connectivity index (χ0n) is 20.1. The highest BCUT2D eigenvalue weighted by Gasteiger charge is 2.25. The monoisotopic (exact) mass is 484 g/mol. The molecule has 3 aromatic heterocycles. The number of hydrogen-bond acceptors (Lipinski definition) is 6. The third-order valence-electron chi connectivity index (χ3n) is 5.68. The van der Waals surface area contributed by atoms with Crippen molar-refractivity contribution in [3.8, 4) is 22.9 Å². The maximum Gasteiger partial charge on any atom is 0.264 e. The van der Waals surface area contributed by atoms with Crippen molar-refractivity contribution in [1.29, 1.82) is 0 Å². The van der Waals surface area contributed by atoms with Gasteiger partial charge in [-0.3, -0.25) is 4.79 Å². The summed E-state index contributed by atoms with van der Waals surface area (Å²) in [5, 5.41) is 7.45. The Balaban J connectivity index is 1.55. The van der Waals surface area contributed by atoms with Crippen LogP contribution in [0.15, 0.2) is 40.8 Å². The van der Waals surface area contributed by atoms with Crippen molar-refractivity contribution in [3.05, 3.63) is 59.0 Å². The number of aromatic nitrogens is 3. The summed E-state index contributed by atoms with van der Waals surface area (Å²) < 4.78 is 45.7. The van der Waals surface area contributed by atoms with E-state index in [9.17, 15) is 13.6 Å². The molecule has 4 aromatic rings. The van der Waals surface area contributed by atoms with Gasteiger partial charge in [0, 0.05) is 24.2 Å². The maximum absolute atomic E-state index is 14.1. The number of methoxy groups -OCH3 is 1. The predicted octanol–water partition coefficient (Wildman–Crippen LogP) is 5.05. The number of alkyl halides is 2. The molecule has 0 aliphatic carbocycles. The highest BCUT2D eigenvalue weighted by molar-refractivity contribution is 5.95. The Bertz CT molecular complexity index is 1360. The molecule has 8 nitrogen and oxygen atoms in total. The second-order valence-electron chi connectivity index (χ2n) is 8.20. The number of furan rings is 1. The van der Waals surface area contributed by atoms with Gasteiger partial charge in [-0.05, 0) is 44.5 Å². The molecule has 0 aliphatic rings. The molecule has 0 unspecified atom stereocenters. The minimum atomic E-state index is -2.80. The summed E-state index contributed by atoms with van der Waals surface area (Å²) in [6, 6.07) is 9.91. The van der Waals surface area contributed by atoms with E-state index in [4.69, 9.17) is 13.9 Å². The number of amides is 1. The molecule has 1 N–H and O–H groups in total. The first-order valence-corrected chi connectivity index (χ1v) is 11.0. The first-order valence-electron chi connectivity index (χ1n) is 11.0. The van der Waals surface area contributed by atoms with Crippen LogP contribution in [-0.2, 0) is 11.8 Å². The van der Waals surface area contributed by atoms with Crippen molar-refractivity contribution in [1.82, 2.24) is 20.1 Å². The van der Waals surface area contributed by atoms with E-state index in [2.05, 4.69) is 15.4 Å².